The summed E-state index contributed by atoms with van der Waals surface area (Å²) >= 11 is 0. The SMILES string of the molecule is N#Cc1cccc(-c2cccnc2N2CCOC3CN(C#N)CC32)c1. The molecule has 2 aliphatic rings. The maximum Gasteiger partial charge on any atom is 0.179 e. The van der Waals surface area contributed by atoms with Gasteiger partial charge in [-0.15, -0.1) is 0 Å². The average Bonchev–Trinajstić information content (AvgIpc) is 3.11. The molecule has 2 saturated heterocycles. The minimum Gasteiger partial charge on any atom is -0.372 e. The normalized spacial score (nSPS) is 22.2. The second-order valence-electron chi connectivity index (χ2n) is 6.24. The number of pyridine rings is 1. The van der Waals surface area contributed by atoms with Crippen LogP contribution in [-0.4, -0.2) is 48.3 Å². The minimum absolute atomic E-state index is 0.0219. The molecule has 4 rings (SSSR count). The molecule has 3 heterocycles. The summed E-state index contributed by atoms with van der Waals surface area (Å²) in [7, 11) is 0. The summed E-state index contributed by atoms with van der Waals surface area (Å²) in [5.41, 5.74) is 2.60. The number of fused-ring (bicyclic) bond motifs is 1. The van der Waals surface area contributed by atoms with Gasteiger partial charge in [0.2, 0.25) is 0 Å². The molecule has 2 aromatic rings. The van der Waals surface area contributed by atoms with Crippen LogP contribution in [0.2, 0.25) is 0 Å². The molecule has 2 unspecified atom stereocenters. The Morgan fingerprint density at radius 2 is 2.08 bits per heavy atom. The highest BCUT2D eigenvalue weighted by Gasteiger charge is 2.41. The quantitative estimate of drug-likeness (QED) is 0.783. The fourth-order valence-corrected chi connectivity index (χ4v) is 3.64. The van der Waals surface area contributed by atoms with Crippen molar-refractivity contribution in [2.75, 3.05) is 31.1 Å². The van der Waals surface area contributed by atoms with Crippen molar-refractivity contribution in [1.29, 1.82) is 10.5 Å². The summed E-state index contributed by atoms with van der Waals surface area (Å²) in [6.45, 7) is 2.64. The first-order chi connectivity index (χ1) is 12.3. The van der Waals surface area contributed by atoms with E-state index in [-0.39, 0.29) is 12.1 Å². The summed E-state index contributed by atoms with van der Waals surface area (Å²) in [5.74, 6) is 0.885. The monoisotopic (exact) mass is 331 g/mol. The topological polar surface area (TPSA) is 76.2 Å². The molecule has 0 bridgehead atoms. The highest BCUT2D eigenvalue weighted by Crippen LogP contribution is 2.34. The molecule has 0 saturated carbocycles. The second-order valence-corrected chi connectivity index (χ2v) is 6.24. The Morgan fingerprint density at radius 3 is 2.92 bits per heavy atom. The zero-order valence-corrected chi connectivity index (χ0v) is 13.7. The largest absolute Gasteiger partial charge is 0.372 e. The first kappa shape index (κ1) is 15.4. The van der Waals surface area contributed by atoms with Crippen molar-refractivity contribution in [2.45, 2.75) is 12.1 Å². The maximum absolute atomic E-state index is 9.22. The van der Waals surface area contributed by atoms with E-state index < -0.39 is 0 Å². The standard InChI is InChI=1S/C19H17N5O/c20-10-14-3-1-4-15(9-14)16-5-2-6-22-19(16)24-7-8-25-18-12-23(13-21)11-17(18)24/h1-6,9,17-18H,7-8,11-12H2. The molecule has 2 aliphatic heterocycles. The molecular weight excluding hydrogens is 314 g/mol. The van der Waals surface area contributed by atoms with Crippen LogP contribution in [0.25, 0.3) is 11.1 Å². The van der Waals surface area contributed by atoms with Crippen molar-refractivity contribution in [2.24, 2.45) is 0 Å². The summed E-state index contributed by atoms with van der Waals surface area (Å²) in [6, 6.07) is 13.8. The summed E-state index contributed by atoms with van der Waals surface area (Å²) in [6.07, 6.45) is 4.03. The van der Waals surface area contributed by atoms with Crippen LogP contribution in [0.1, 0.15) is 5.56 Å². The van der Waals surface area contributed by atoms with E-state index in [4.69, 9.17) is 4.74 Å². The molecule has 0 aliphatic carbocycles. The van der Waals surface area contributed by atoms with E-state index in [9.17, 15) is 10.5 Å². The molecule has 1 aromatic heterocycles. The minimum atomic E-state index is 0.0219. The number of anilines is 1. The van der Waals surface area contributed by atoms with Crippen LogP contribution in [0.15, 0.2) is 42.6 Å². The van der Waals surface area contributed by atoms with Gasteiger partial charge < -0.3 is 14.5 Å². The Morgan fingerprint density at radius 1 is 1.16 bits per heavy atom. The predicted molar refractivity (Wildman–Crippen MR) is 92.4 cm³/mol. The first-order valence-corrected chi connectivity index (χ1v) is 8.28. The molecule has 6 heteroatoms. The van der Waals surface area contributed by atoms with E-state index in [0.717, 1.165) is 23.5 Å². The summed E-state index contributed by atoms with van der Waals surface area (Å²) in [4.78, 5) is 8.62. The van der Waals surface area contributed by atoms with E-state index in [0.29, 0.717) is 25.3 Å². The average molecular weight is 331 g/mol. The third kappa shape index (κ3) is 2.77. The predicted octanol–water partition coefficient (Wildman–Crippen LogP) is 1.99. The first-order valence-electron chi connectivity index (χ1n) is 8.28. The number of rotatable bonds is 2. The third-order valence-corrected chi connectivity index (χ3v) is 4.80. The van der Waals surface area contributed by atoms with Crippen LogP contribution >= 0.6 is 0 Å². The van der Waals surface area contributed by atoms with Crippen LogP contribution in [0.3, 0.4) is 0 Å². The number of likely N-dealkylation sites (tertiary alicyclic amines) is 1. The number of aromatic nitrogens is 1. The van der Waals surface area contributed by atoms with Gasteiger partial charge in [-0.2, -0.15) is 10.5 Å². The van der Waals surface area contributed by atoms with Gasteiger partial charge in [-0.25, -0.2) is 4.98 Å². The number of ether oxygens (including phenoxy) is 1. The molecule has 2 atom stereocenters. The molecule has 6 nitrogen and oxygen atoms in total. The lowest BCUT2D eigenvalue weighted by molar-refractivity contribution is 0.0323. The summed E-state index contributed by atoms with van der Waals surface area (Å²) in [5, 5.41) is 18.4. The molecule has 0 spiro atoms. The van der Waals surface area contributed by atoms with E-state index in [2.05, 4.69) is 22.1 Å². The molecule has 0 radical (unpaired) electrons. The van der Waals surface area contributed by atoms with Gasteiger partial charge >= 0.3 is 0 Å². The molecule has 2 fully saturated rings. The third-order valence-electron chi connectivity index (χ3n) is 4.80. The highest BCUT2D eigenvalue weighted by atomic mass is 16.5. The van der Waals surface area contributed by atoms with Crippen LogP contribution in [0.4, 0.5) is 5.82 Å². The number of morpholine rings is 1. The van der Waals surface area contributed by atoms with Crippen molar-refractivity contribution in [3.63, 3.8) is 0 Å². The molecule has 25 heavy (non-hydrogen) atoms. The van der Waals surface area contributed by atoms with Gasteiger partial charge in [0.25, 0.3) is 0 Å². The van der Waals surface area contributed by atoms with E-state index >= 15 is 0 Å². The molecule has 1 aromatic carbocycles. The Balaban J connectivity index is 1.74. The van der Waals surface area contributed by atoms with Gasteiger partial charge in [0, 0.05) is 18.3 Å². The zero-order valence-electron chi connectivity index (χ0n) is 13.7. The van der Waals surface area contributed by atoms with Crippen LogP contribution < -0.4 is 4.90 Å². The van der Waals surface area contributed by atoms with Gasteiger partial charge in [0.1, 0.15) is 5.82 Å². The molecule has 0 N–H and O–H groups in total. The van der Waals surface area contributed by atoms with Crippen LogP contribution in [-0.2, 0) is 4.74 Å². The van der Waals surface area contributed by atoms with E-state index in [1.165, 1.54) is 0 Å². The fourth-order valence-electron chi connectivity index (χ4n) is 3.64. The van der Waals surface area contributed by atoms with Crippen molar-refractivity contribution in [3.8, 4) is 23.4 Å². The zero-order chi connectivity index (χ0) is 17.2. The smallest absolute Gasteiger partial charge is 0.179 e. The number of benzene rings is 1. The van der Waals surface area contributed by atoms with E-state index in [1.807, 2.05) is 30.3 Å². The molecule has 0 amide bonds. The maximum atomic E-state index is 9.22. The van der Waals surface area contributed by atoms with Gasteiger partial charge in [0.15, 0.2) is 6.19 Å². The van der Waals surface area contributed by atoms with Crippen LogP contribution in [0.5, 0.6) is 0 Å². The highest BCUT2D eigenvalue weighted by molar-refractivity contribution is 5.77. The van der Waals surface area contributed by atoms with Gasteiger partial charge in [0.05, 0.1) is 43.5 Å². The van der Waals surface area contributed by atoms with E-state index in [1.54, 1.807) is 17.2 Å². The lowest BCUT2D eigenvalue weighted by Crippen LogP contribution is -2.51. The number of hydrogen-bond acceptors (Lipinski definition) is 6. The summed E-state index contributed by atoms with van der Waals surface area (Å²) < 4.78 is 5.86. The fraction of sp³-hybridized carbons (Fsp3) is 0.316. The number of nitrogens with zero attached hydrogens (tertiary/aromatic N) is 5. The van der Waals surface area contributed by atoms with Crippen molar-refractivity contribution < 1.29 is 4.74 Å². The van der Waals surface area contributed by atoms with Gasteiger partial charge in [-0.05, 0) is 29.8 Å². The van der Waals surface area contributed by atoms with Crippen molar-refractivity contribution in [1.82, 2.24) is 9.88 Å². The Kier molecular flexibility index (Phi) is 3.97. The lowest BCUT2D eigenvalue weighted by Gasteiger charge is -2.38. The van der Waals surface area contributed by atoms with Gasteiger partial charge in [-0.3, -0.25) is 0 Å². The number of hydrogen-bond donors (Lipinski definition) is 0. The molecular formula is C19H17N5O. The van der Waals surface area contributed by atoms with Crippen molar-refractivity contribution in [3.05, 3.63) is 48.2 Å². The second kappa shape index (κ2) is 6.43. The van der Waals surface area contributed by atoms with Gasteiger partial charge in [-0.1, -0.05) is 12.1 Å². The Hall–Kier alpha value is -3.09. The Bertz CT molecular complexity index is 869. The molecule has 124 valence electrons. The Labute approximate surface area is 146 Å². The van der Waals surface area contributed by atoms with Crippen molar-refractivity contribution >= 4 is 5.82 Å². The lowest BCUT2D eigenvalue weighted by atomic mass is 10.0. The number of nitriles is 2. The van der Waals surface area contributed by atoms with Crippen LogP contribution in [0, 0.1) is 22.8 Å².